The van der Waals surface area contributed by atoms with Crippen LogP contribution in [0.2, 0.25) is 0 Å². The van der Waals surface area contributed by atoms with Crippen LogP contribution in [-0.4, -0.2) is 41.9 Å². The van der Waals surface area contributed by atoms with E-state index in [2.05, 4.69) is 17.2 Å². The molecule has 0 aliphatic carbocycles. The molecule has 7 heteroatoms. The Kier molecular flexibility index (Phi) is 4.82. The molecule has 0 fully saturated rings. The maximum absolute atomic E-state index is 11.8. The summed E-state index contributed by atoms with van der Waals surface area (Å²) in [4.78, 5) is 5.48. The maximum Gasteiger partial charge on any atom is 0.193 e. The summed E-state index contributed by atoms with van der Waals surface area (Å²) in [5, 5.41) is 4.90. The van der Waals surface area contributed by atoms with E-state index in [4.69, 9.17) is 0 Å². The first-order valence-corrected chi connectivity index (χ1v) is 9.58. The molecule has 0 amide bonds. The largest absolute Gasteiger partial charge is 0.312 e. The zero-order valence-electron chi connectivity index (χ0n) is 12.0. The molecule has 2 rings (SSSR count). The molecule has 20 heavy (non-hydrogen) atoms. The van der Waals surface area contributed by atoms with Crippen molar-refractivity contribution in [1.29, 1.82) is 0 Å². The Morgan fingerprint density at radius 1 is 1.50 bits per heavy atom. The second-order valence-electron chi connectivity index (χ2n) is 5.12. The molecule has 1 N–H and O–H groups in total. The summed E-state index contributed by atoms with van der Waals surface area (Å²) in [6, 6.07) is -0.102. The predicted molar refractivity (Wildman–Crippen MR) is 83.2 cm³/mol. The number of nitrogens with one attached hydrogen (secondary N) is 1. The first kappa shape index (κ1) is 15.5. The van der Waals surface area contributed by atoms with E-state index >= 15 is 0 Å². The summed E-state index contributed by atoms with van der Waals surface area (Å²) in [5.41, 5.74) is 0.931. The van der Waals surface area contributed by atoms with Crippen LogP contribution in [0.4, 0.5) is 0 Å². The SMILES string of the molecule is CCCNC(Cc1cn2ccsc2n1)C(C)S(C)(=O)=O. The minimum atomic E-state index is -3.06. The molecule has 2 aromatic heterocycles. The molecule has 0 aliphatic heterocycles. The van der Waals surface area contributed by atoms with Crippen LogP contribution in [0.1, 0.15) is 26.0 Å². The Hall–Kier alpha value is -0.920. The number of aromatic nitrogens is 2. The van der Waals surface area contributed by atoms with Gasteiger partial charge in [0.1, 0.15) is 0 Å². The topological polar surface area (TPSA) is 63.5 Å². The van der Waals surface area contributed by atoms with Crippen LogP contribution >= 0.6 is 11.3 Å². The van der Waals surface area contributed by atoms with Gasteiger partial charge in [-0.05, 0) is 19.9 Å². The van der Waals surface area contributed by atoms with Crippen molar-refractivity contribution < 1.29 is 8.42 Å². The summed E-state index contributed by atoms with van der Waals surface area (Å²) in [6.07, 6.45) is 6.84. The van der Waals surface area contributed by atoms with Crippen molar-refractivity contribution in [2.24, 2.45) is 0 Å². The van der Waals surface area contributed by atoms with Gasteiger partial charge in [0.15, 0.2) is 14.8 Å². The van der Waals surface area contributed by atoms with Crippen LogP contribution < -0.4 is 5.32 Å². The standard InChI is InChI=1S/C13H21N3O2S2/c1-4-5-14-12(10(2)20(3,17)18)8-11-9-16-6-7-19-13(16)15-11/h6-7,9-10,12,14H,4-5,8H2,1-3H3. The zero-order valence-corrected chi connectivity index (χ0v) is 13.7. The van der Waals surface area contributed by atoms with E-state index in [-0.39, 0.29) is 6.04 Å². The van der Waals surface area contributed by atoms with Crippen molar-refractivity contribution >= 4 is 26.1 Å². The second kappa shape index (κ2) is 6.24. The molecular weight excluding hydrogens is 294 g/mol. The third kappa shape index (κ3) is 3.59. The van der Waals surface area contributed by atoms with Crippen molar-refractivity contribution in [3.63, 3.8) is 0 Å². The second-order valence-corrected chi connectivity index (χ2v) is 8.40. The van der Waals surface area contributed by atoms with Gasteiger partial charge in [0.2, 0.25) is 0 Å². The number of fused-ring (bicyclic) bond motifs is 1. The molecule has 0 bridgehead atoms. The van der Waals surface area contributed by atoms with Crippen molar-refractivity contribution in [1.82, 2.24) is 14.7 Å². The fourth-order valence-electron chi connectivity index (χ4n) is 2.13. The molecule has 0 aliphatic rings. The van der Waals surface area contributed by atoms with Crippen molar-refractivity contribution in [2.45, 2.75) is 38.0 Å². The highest BCUT2D eigenvalue weighted by Gasteiger charge is 2.26. The molecular formula is C13H21N3O2S2. The van der Waals surface area contributed by atoms with Crippen LogP contribution in [0.5, 0.6) is 0 Å². The molecule has 0 spiro atoms. The first-order valence-electron chi connectivity index (χ1n) is 6.75. The minimum absolute atomic E-state index is 0.102. The Morgan fingerprint density at radius 2 is 2.25 bits per heavy atom. The fraction of sp³-hybridized carbons (Fsp3) is 0.615. The van der Waals surface area contributed by atoms with Gasteiger partial charge in [-0.1, -0.05) is 6.92 Å². The van der Waals surface area contributed by atoms with E-state index in [1.54, 1.807) is 18.3 Å². The van der Waals surface area contributed by atoms with Gasteiger partial charge < -0.3 is 5.32 Å². The van der Waals surface area contributed by atoms with Crippen molar-refractivity contribution in [3.8, 4) is 0 Å². The number of hydrogen-bond acceptors (Lipinski definition) is 5. The quantitative estimate of drug-likeness (QED) is 0.845. The molecule has 0 saturated carbocycles. The predicted octanol–water partition coefficient (Wildman–Crippen LogP) is 1.74. The number of nitrogens with zero attached hydrogens (tertiary/aromatic N) is 2. The third-order valence-electron chi connectivity index (χ3n) is 3.47. The summed E-state index contributed by atoms with van der Waals surface area (Å²) in [6.45, 7) is 4.65. The average molecular weight is 315 g/mol. The molecule has 2 atom stereocenters. The maximum atomic E-state index is 11.8. The van der Waals surface area contributed by atoms with E-state index in [0.29, 0.717) is 6.42 Å². The number of sulfone groups is 1. The number of rotatable bonds is 7. The summed E-state index contributed by atoms with van der Waals surface area (Å²) in [5.74, 6) is 0. The first-order chi connectivity index (χ1) is 9.41. The highest BCUT2D eigenvalue weighted by atomic mass is 32.2. The average Bonchev–Trinajstić information content (AvgIpc) is 2.92. The number of hydrogen-bond donors (Lipinski definition) is 1. The lowest BCUT2D eigenvalue weighted by Crippen LogP contribution is -2.44. The monoisotopic (exact) mass is 315 g/mol. The molecule has 2 unspecified atom stereocenters. The lowest BCUT2D eigenvalue weighted by atomic mass is 10.1. The smallest absolute Gasteiger partial charge is 0.193 e. The van der Waals surface area contributed by atoms with Gasteiger partial charge in [0, 0.05) is 36.5 Å². The highest BCUT2D eigenvalue weighted by molar-refractivity contribution is 7.91. The van der Waals surface area contributed by atoms with Crippen LogP contribution in [0.3, 0.4) is 0 Å². The van der Waals surface area contributed by atoms with Gasteiger partial charge in [0.25, 0.3) is 0 Å². The molecule has 5 nitrogen and oxygen atoms in total. The molecule has 2 heterocycles. The molecule has 0 radical (unpaired) electrons. The summed E-state index contributed by atoms with van der Waals surface area (Å²) in [7, 11) is -3.06. The Labute approximate surface area is 124 Å². The highest BCUT2D eigenvalue weighted by Crippen LogP contribution is 2.15. The van der Waals surface area contributed by atoms with Crippen LogP contribution in [0, 0.1) is 0 Å². The third-order valence-corrected chi connectivity index (χ3v) is 5.92. The van der Waals surface area contributed by atoms with Gasteiger partial charge in [-0.2, -0.15) is 0 Å². The Balaban J connectivity index is 2.16. The van der Waals surface area contributed by atoms with Gasteiger partial charge in [-0.3, -0.25) is 4.40 Å². The van der Waals surface area contributed by atoms with Crippen LogP contribution in [-0.2, 0) is 16.3 Å². The molecule has 0 saturated heterocycles. The summed E-state index contributed by atoms with van der Waals surface area (Å²) >= 11 is 1.58. The van der Waals surface area contributed by atoms with E-state index in [9.17, 15) is 8.42 Å². The van der Waals surface area contributed by atoms with Crippen molar-refractivity contribution in [2.75, 3.05) is 12.8 Å². The van der Waals surface area contributed by atoms with E-state index < -0.39 is 15.1 Å². The Morgan fingerprint density at radius 3 is 2.85 bits per heavy atom. The van der Waals surface area contributed by atoms with E-state index in [1.165, 1.54) is 6.26 Å². The van der Waals surface area contributed by atoms with Gasteiger partial charge in [-0.25, -0.2) is 13.4 Å². The number of thiazole rings is 1. The lowest BCUT2D eigenvalue weighted by molar-refractivity contribution is 0.479. The van der Waals surface area contributed by atoms with E-state index in [1.807, 2.05) is 22.2 Å². The Bertz CT molecular complexity index is 632. The van der Waals surface area contributed by atoms with Gasteiger partial charge >= 0.3 is 0 Å². The van der Waals surface area contributed by atoms with Crippen LogP contribution in [0.25, 0.3) is 4.96 Å². The van der Waals surface area contributed by atoms with E-state index in [0.717, 1.165) is 23.6 Å². The summed E-state index contributed by atoms with van der Waals surface area (Å²) < 4.78 is 25.5. The van der Waals surface area contributed by atoms with Gasteiger partial charge in [-0.15, -0.1) is 11.3 Å². The van der Waals surface area contributed by atoms with Crippen LogP contribution in [0.15, 0.2) is 17.8 Å². The minimum Gasteiger partial charge on any atom is -0.312 e. The van der Waals surface area contributed by atoms with Crippen molar-refractivity contribution in [3.05, 3.63) is 23.5 Å². The lowest BCUT2D eigenvalue weighted by Gasteiger charge is -2.23. The normalized spacial score (nSPS) is 15.6. The molecule has 0 aromatic carbocycles. The van der Waals surface area contributed by atoms with Gasteiger partial charge in [0.05, 0.1) is 10.9 Å². The molecule has 2 aromatic rings. The zero-order chi connectivity index (χ0) is 14.8. The fourth-order valence-corrected chi connectivity index (χ4v) is 3.64. The molecule has 112 valence electrons. The number of imidazole rings is 1.